The van der Waals surface area contributed by atoms with Gasteiger partial charge in [-0.2, -0.15) is 0 Å². The number of hydrogen-bond acceptors (Lipinski definition) is 2. The van der Waals surface area contributed by atoms with Crippen molar-refractivity contribution in [2.24, 2.45) is 17.8 Å². The van der Waals surface area contributed by atoms with E-state index < -0.39 is 5.60 Å². The Labute approximate surface area is 119 Å². The fraction of sp³-hybridized carbons (Fsp3) is 1.00. The van der Waals surface area contributed by atoms with E-state index >= 15 is 0 Å². The highest BCUT2D eigenvalue weighted by molar-refractivity contribution is 4.96. The van der Waals surface area contributed by atoms with Crippen LogP contribution in [0.5, 0.6) is 0 Å². The van der Waals surface area contributed by atoms with E-state index in [0.29, 0.717) is 6.04 Å². The van der Waals surface area contributed by atoms with Crippen molar-refractivity contribution in [1.82, 2.24) is 5.32 Å². The van der Waals surface area contributed by atoms with Crippen molar-refractivity contribution in [3.05, 3.63) is 0 Å². The first-order valence-electron chi connectivity index (χ1n) is 8.51. The van der Waals surface area contributed by atoms with Gasteiger partial charge in [0, 0.05) is 6.04 Å². The van der Waals surface area contributed by atoms with Gasteiger partial charge in [0.15, 0.2) is 0 Å². The second-order valence-corrected chi connectivity index (χ2v) is 7.34. The summed E-state index contributed by atoms with van der Waals surface area (Å²) in [6.07, 6.45) is 9.47. The fourth-order valence-corrected chi connectivity index (χ4v) is 4.17. The summed E-state index contributed by atoms with van der Waals surface area (Å²) in [5.41, 5.74) is -0.433. The molecule has 1 aliphatic carbocycles. The Bertz CT molecular complexity index is 278. The molecule has 1 aliphatic heterocycles. The Kier molecular flexibility index (Phi) is 5.30. The van der Waals surface area contributed by atoms with Crippen molar-refractivity contribution in [3.63, 3.8) is 0 Å². The zero-order chi connectivity index (χ0) is 13.9. The van der Waals surface area contributed by atoms with Gasteiger partial charge in [0.2, 0.25) is 0 Å². The van der Waals surface area contributed by atoms with Gasteiger partial charge < -0.3 is 10.4 Å². The molecule has 0 aromatic carbocycles. The SMILES string of the molecule is CCC1CCNC(C2(O)CCCC(C(C)C)CC2)C1. The van der Waals surface area contributed by atoms with Crippen LogP contribution in [0.15, 0.2) is 0 Å². The Morgan fingerprint density at radius 2 is 2.00 bits per heavy atom. The van der Waals surface area contributed by atoms with Crippen molar-refractivity contribution >= 4 is 0 Å². The predicted octanol–water partition coefficient (Wildman–Crippen LogP) is 3.73. The average molecular weight is 267 g/mol. The van der Waals surface area contributed by atoms with Gasteiger partial charge in [-0.05, 0) is 56.4 Å². The van der Waals surface area contributed by atoms with E-state index in [4.69, 9.17) is 0 Å². The molecule has 1 saturated heterocycles. The topological polar surface area (TPSA) is 32.3 Å². The summed E-state index contributed by atoms with van der Waals surface area (Å²) in [5.74, 6) is 2.41. The largest absolute Gasteiger partial charge is 0.388 e. The third-order valence-corrected chi connectivity index (χ3v) is 5.81. The summed E-state index contributed by atoms with van der Waals surface area (Å²) in [6.45, 7) is 8.06. The molecule has 0 amide bonds. The standard InChI is InChI=1S/C17H33NO/c1-4-14-8-11-18-16(12-14)17(19)9-5-6-15(7-10-17)13(2)3/h13-16,18-19H,4-12H2,1-3H3. The second-order valence-electron chi connectivity index (χ2n) is 7.34. The molecule has 2 fully saturated rings. The summed E-state index contributed by atoms with van der Waals surface area (Å²) < 4.78 is 0. The molecule has 0 radical (unpaired) electrons. The van der Waals surface area contributed by atoms with Crippen LogP contribution in [0.2, 0.25) is 0 Å². The van der Waals surface area contributed by atoms with Gasteiger partial charge in [0.25, 0.3) is 0 Å². The molecule has 2 heteroatoms. The molecule has 4 atom stereocenters. The molecule has 4 unspecified atom stereocenters. The van der Waals surface area contributed by atoms with Crippen LogP contribution in [0.25, 0.3) is 0 Å². The van der Waals surface area contributed by atoms with E-state index in [0.717, 1.165) is 37.1 Å². The van der Waals surface area contributed by atoms with Crippen molar-refractivity contribution < 1.29 is 5.11 Å². The highest BCUT2D eigenvalue weighted by atomic mass is 16.3. The zero-order valence-corrected chi connectivity index (χ0v) is 13.1. The molecule has 112 valence electrons. The lowest BCUT2D eigenvalue weighted by molar-refractivity contribution is -0.0285. The highest BCUT2D eigenvalue weighted by Gasteiger charge is 2.40. The fourth-order valence-electron chi connectivity index (χ4n) is 4.17. The lowest BCUT2D eigenvalue weighted by Gasteiger charge is -2.41. The number of aliphatic hydroxyl groups is 1. The summed E-state index contributed by atoms with van der Waals surface area (Å²) >= 11 is 0. The van der Waals surface area contributed by atoms with Crippen molar-refractivity contribution in [3.8, 4) is 0 Å². The van der Waals surface area contributed by atoms with Gasteiger partial charge in [-0.3, -0.25) is 0 Å². The molecule has 1 saturated carbocycles. The first-order chi connectivity index (χ1) is 9.05. The van der Waals surface area contributed by atoms with Gasteiger partial charge in [-0.1, -0.05) is 40.0 Å². The van der Waals surface area contributed by atoms with Crippen LogP contribution >= 0.6 is 0 Å². The monoisotopic (exact) mass is 267 g/mol. The number of nitrogens with one attached hydrogen (secondary N) is 1. The van der Waals surface area contributed by atoms with E-state index in [9.17, 15) is 5.11 Å². The number of piperidine rings is 1. The summed E-state index contributed by atoms with van der Waals surface area (Å²) in [7, 11) is 0. The molecule has 0 spiro atoms. The maximum absolute atomic E-state index is 11.1. The third-order valence-electron chi connectivity index (χ3n) is 5.81. The molecule has 2 nitrogen and oxygen atoms in total. The predicted molar refractivity (Wildman–Crippen MR) is 81.2 cm³/mol. The molecule has 0 bridgehead atoms. The molecule has 19 heavy (non-hydrogen) atoms. The van der Waals surface area contributed by atoms with E-state index in [1.165, 1.54) is 38.5 Å². The minimum absolute atomic E-state index is 0.345. The minimum Gasteiger partial charge on any atom is -0.388 e. The van der Waals surface area contributed by atoms with Gasteiger partial charge in [-0.15, -0.1) is 0 Å². The molecule has 2 N–H and O–H groups in total. The van der Waals surface area contributed by atoms with Crippen molar-refractivity contribution in [2.45, 2.75) is 83.8 Å². The van der Waals surface area contributed by atoms with E-state index in [1.807, 2.05) is 0 Å². The first kappa shape index (κ1) is 15.3. The molecular weight excluding hydrogens is 234 g/mol. The molecular formula is C17H33NO. The molecule has 2 aliphatic rings. The Balaban J connectivity index is 1.97. The van der Waals surface area contributed by atoms with Gasteiger partial charge in [0.1, 0.15) is 0 Å². The normalized spacial score (nSPS) is 41.2. The Morgan fingerprint density at radius 3 is 2.68 bits per heavy atom. The van der Waals surface area contributed by atoms with E-state index in [-0.39, 0.29) is 0 Å². The van der Waals surface area contributed by atoms with E-state index in [1.54, 1.807) is 0 Å². The molecule has 0 aromatic rings. The molecule has 1 heterocycles. The quantitative estimate of drug-likeness (QED) is 0.764. The first-order valence-corrected chi connectivity index (χ1v) is 8.51. The zero-order valence-electron chi connectivity index (χ0n) is 13.1. The van der Waals surface area contributed by atoms with Gasteiger partial charge >= 0.3 is 0 Å². The molecule has 2 rings (SSSR count). The van der Waals surface area contributed by atoms with Crippen LogP contribution in [-0.2, 0) is 0 Å². The molecule has 0 aromatic heterocycles. The maximum atomic E-state index is 11.1. The van der Waals surface area contributed by atoms with Gasteiger partial charge in [0.05, 0.1) is 5.60 Å². The number of hydrogen-bond donors (Lipinski definition) is 2. The number of rotatable bonds is 3. The lowest BCUT2D eigenvalue weighted by atomic mass is 9.77. The summed E-state index contributed by atoms with van der Waals surface area (Å²) in [6, 6.07) is 0.345. The van der Waals surface area contributed by atoms with Crippen molar-refractivity contribution in [2.75, 3.05) is 6.54 Å². The smallest absolute Gasteiger partial charge is 0.0800 e. The summed E-state index contributed by atoms with van der Waals surface area (Å²) in [5, 5.41) is 14.7. The Hall–Kier alpha value is -0.0800. The van der Waals surface area contributed by atoms with Crippen LogP contribution in [0.3, 0.4) is 0 Å². The van der Waals surface area contributed by atoms with Crippen LogP contribution in [0, 0.1) is 17.8 Å². The summed E-state index contributed by atoms with van der Waals surface area (Å²) in [4.78, 5) is 0. The minimum atomic E-state index is -0.433. The van der Waals surface area contributed by atoms with E-state index in [2.05, 4.69) is 26.1 Å². The second kappa shape index (κ2) is 6.58. The van der Waals surface area contributed by atoms with Gasteiger partial charge in [-0.25, -0.2) is 0 Å². The van der Waals surface area contributed by atoms with Crippen LogP contribution in [-0.4, -0.2) is 23.3 Å². The lowest BCUT2D eigenvalue weighted by Crippen LogP contribution is -2.54. The highest BCUT2D eigenvalue weighted by Crippen LogP contribution is 2.38. The maximum Gasteiger partial charge on any atom is 0.0800 e. The van der Waals surface area contributed by atoms with Crippen LogP contribution in [0.4, 0.5) is 0 Å². The van der Waals surface area contributed by atoms with Crippen LogP contribution in [0.1, 0.15) is 72.1 Å². The third kappa shape index (κ3) is 3.72. The van der Waals surface area contributed by atoms with Crippen LogP contribution < -0.4 is 5.32 Å². The van der Waals surface area contributed by atoms with Crippen molar-refractivity contribution in [1.29, 1.82) is 0 Å². The Morgan fingerprint density at radius 1 is 1.21 bits per heavy atom. The average Bonchev–Trinajstić information content (AvgIpc) is 2.62.